The van der Waals surface area contributed by atoms with Gasteiger partial charge in [0.1, 0.15) is 11.5 Å². The molecule has 1 aliphatic rings. The Kier molecular flexibility index (Phi) is 5.24. The maximum atomic E-state index is 12.4. The lowest BCUT2D eigenvalue weighted by Crippen LogP contribution is -2.33. The Morgan fingerprint density at radius 3 is 2.79 bits per heavy atom. The number of rotatable bonds is 5. The Balaban J connectivity index is 1.52. The van der Waals surface area contributed by atoms with Crippen LogP contribution in [0.5, 0.6) is 0 Å². The Morgan fingerprint density at radius 2 is 2.04 bits per heavy atom. The van der Waals surface area contributed by atoms with Crippen molar-refractivity contribution in [2.45, 2.75) is 24.4 Å². The fourth-order valence-electron chi connectivity index (χ4n) is 2.79. The van der Waals surface area contributed by atoms with Crippen LogP contribution in [0.3, 0.4) is 0 Å². The third-order valence-corrected chi connectivity index (χ3v) is 6.90. The molecule has 146 valence electrons. The maximum absolute atomic E-state index is 12.4. The number of nitrogens with one attached hydrogen (secondary N) is 1. The van der Waals surface area contributed by atoms with Crippen LogP contribution in [0, 0.1) is 0 Å². The zero-order valence-electron chi connectivity index (χ0n) is 14.6. The first-order chi connectivity index (χ1) is 13.4. The summed E-state index contributed by atoms with van der Waals surface area (Å²) in [7, 11) is -3.68. The summed E-state index contributed by atoms with van der Waals surface area (Å²) in [6, 6.07) is 9.27. The average Bonchev–Trinajstić information content (AvgIpc) is 3.26. The second kappa shape index (κ2) is 7.67. The van der Waals surface area contributed by atoms with Gasteiger partial charge in [-0.3, -0.25) is 14.4 Å². The van der Waals surface area contributed by atoms with Crippen molar-refractivity contribution in [3.8, 4) is 0 Å². The summed E-state index contributed by atoms with van der Waals surface area (Å²) in [6.07, 6.45) is 2.52. The van der Waals surface area contributed by atoms with Gasteiger partial charge in [-0.05, 0) is 42.8 Å². The van der Waals surface area contributed by atoms with E-state index in [4.69, 9.17) is 16.0 Å². The molecule has 10 heteroatoms. The number of sulfonamides is 1. The molecule has 2 aromatic heterocycles. The first-order valence-corrected chi connectivity index (χ1v) is 11.2. The number of thiazole rings is 1. The Labute approximate surface area is 169 Å². The average molecular weight is 438 g/mol. The standard InChI is InChI=1S/C18H16ClN3O4S2/c19-12-2-6-15(7-3-12)28(24,25)21-11-14-5-4-13(26-14)10-16-17(23)22-9-1-8-20-18(22)27-16/h2-7,10,21H,1,8-9,11H2/b16-10-. The molecule has 1 aromatic carbocycles. The molecule has 0 aliphatic carbocycles. The number of aromatic nitrogens is 1. The molecule has 0 saturated carbocycles. The van der Waals surface area contributed by atoms with E-state index in [1.165, 1.54) is 35.6 Å². The SMILES string of the molecule is O=c1/c(=C/c2ccc(CNS(=O)(=O)c3ccc(Cl)cc3)o2)sc2n1CCCN=2. The van der Waals surface area contributed by atoms with E-state index in [0.717, 1.165) is 17.8 Å². The predicted molar refractivity (Wildman–Crippen MR) is 107 cm³/mol. The van der Waals surface area contributed by atoms with Gasteiger partial charge in [0, 0.05) is 24.2 Å². The maximum Gasteiger partial charge on any atom is 0.270 e. The molecule has 0 fully saturated rings. The number of fused-ring (bicyclic) bond motifs is 1. The van der Waals surface area contributed by atoms with Crippen molar-refractivity contribution in [1.82, 2.24) is 9.29 Å². The molecule has 0 radical (unpaired) electrons. The van der Waals surface area contributed by atoms with Crippen LogP contribution in [0.4, 0.5) is 0 Å². The predicted octanol–water partition coefficient (Wildman–Crippen LogP) is 1.49. The van der Waals surface area contributed by atoms with Gasteiger partial charge >= 0.3 is 0 Å². The second-order valence-corrected chi connectivity index (χ2v) is 9.38. The van der Waals surface area contributed by atoms with Gasteiger partial charge < -0.3 is 4.42 Å². The van der Waals surface area contributed by atoms with Gasteiger partial charge in [0.2, 0.25) is 10.0 Å². The largest absolute Gasteiger partial charge is 0.460 e. The molecule has 7 nitrogen and oxygen atoms in total. The highest BCUT2D eigenvalue weighted by molar-refractivity contribution is 7.89. The number of nitrogens with zero attached hydrogens (tertiary/aromatic N) is 2. The van der Waals surface area contributed by atoms with E-state index in [9.17, 15) is 13.2 Å². The molecular formula is C18H16ClN3O4S2. The quantitative estimate of drug-likeness (QED) is 0.654. The summed E-state index contributed by atoms with van der Waals surface area (Å²) in [5.74, 6) is 0.923. The van der Waals surface area contributed by atoms with Crippen molar-refractivity contribution < 1.29 is 12.8 Å². The first kappa shape index (κ1) is 19.1. The van der Waals surface area contributed by atoms with Crippen LogP contribution in [0.2, 0.25) is 5.02 Å². The zero-order chi connectivity index (χ0) is 19.7. The third kappa shape index (κ3) is 3.97. The van der Waals surface area contributed by atoms with Gasteiger partial charge in [-0.2, -0.15) is 0 Å². The van der Waals surface area contributed by atoms with E-state index in [1.807, 2.05) is 0 Å². The lowest BCUT2D eigenvalue weighted by Gasteiger charge is -2.05. The highest BCUT2D eigenvalue weighted by Gasteiger charge is 2.15. The first-order valence-electron chi connectivity index (χ1n) is 8.52. The molecule has 1 aliphatic heterocycles. The molecule has 1 N–H and O–H groups in total. The van der Waals surface area contributed by atoms with E-state index < -0.39 is 10.0 Å². The topological polar surface area (TPSA) is 93.7 Å². The molecule has 3 heterocycles. The number of furan rings is 1. The number of benzene rings is 1. The van der Waals surface area contributed by atoms with Gasteiger partial charge in [-0.1, -0.05) is 22.9 Å². The highest BCUT2D eigenvalue weighted by atomic mass is 35.5. The van der Waals surface area contributed by atoms with Crippen molar-refractivity contribution in [2.75, 3.05) is 6.54 Å². The minimum atomic E-state index is -3.68. The molecule has 0 amide bonds. The molecule has 28 heavy (non-hydrogen) atoms. The van der Waals surface area contributed by atoms with E-state index in [1.54, 1.807) is 22.8 Å². The molecule has 0 bridgehead atoms. The Hall–Kier alpha value is -2.20. The van der Waals surface area contributed by atoms with Crippen molar-refractivity contribution in [1.29, 1.82) is 0 Å². The fourth-order valence-corrected chi connectivity index (χ4v) is 4.91. The van der Waals surface area contributed by atoms with Crippen LogP contribution in [0.15, 0.2) is 55.5 Å². The Morgan fingerprint density at radius 1 is 1.25 bits per heavy atom. The zero-order valence-corrected chi connectivity index (χ0v) is 17.0. The van der Waals surface area contributed by atoms with Crippen LogP contribution in [-0.4, -0.2) is 19.5 Å². The van der Waals surface area contributed by atoms with Gasteiger partial charge in [0.25, 0.3) is 5.56 Å². The summed E-state index contributed by atoms with van der Waals surface area (Å²) in [6.45, 7) is 1.41. The molecule has 0 saturated heterocycles. The summed E-state index contributed by atoms with van der Waals surface area (Å²) < 4.78 is 35.0. The van der Waals surface area contributed by atoms with Gasteiger partial charge in [0.05, 0.1) is 16.0 Å². The van der Waals surface area contributed by atoms with Gasteiger partial charge in [0.15, 0.2) is 4.80 Å². The fraction of sp³-hybridized carbons (Fsp3) is 0.222. The summed E-state index contributed by atoms with van der Waals surface area (Å²) >= 11 is 7.11. The van der Waals surface area contributed by atoms with Crippen molar-refractivity contribution in [3.05, 3.63) is 72.6 Å². The second-order valence-electron chi connectivity index (χ2n) is 6.17. The van der Waals surface area contributed by atoms with Crippen LogP contribution in [0.1, 0.15) is 17.9 Å². The van der Waals surface area contributed by atoms with Crippen LogP contribution < -0.4 is 19.6 Å². The van der Waals surface area contributed by atoms with E-state index in [-0.39, 0.29) is 17.0 Å². The number of halogens is 1. The van der Waals surface area contributed by atoms with Crippen molar-refractivity contribution in [3.63, 3.8) is 0 Å². The van der Waals surface area contributed by atoms with Crippen LogP contribution in [0.25, 0.3) is 6.08 Å². The van der Waals surface area contributed by atoms with Crippen molar-refractivity contribution >= 4 is 39.0 Å². The van der Waals surface area contributed by atoms with E-state index in [0.29, 0.717) is 27.6 Å². The van der Waals surface area contributed by atoms with Crippen LogP contribution >= 0.6 is 22.9 Å². The smallest absolute Gasteiger partial charge is 0.270 e. The summed E-state index contributed by atoms with van der Waals surface area (Å²) in [4.78, 5) is 17.6. The highest BCUT2D eigenvalue weighted by Crippen LogP contribution is 2.15. The minimum Gasteiger partial charge on any atom is -0.460 e. The van der Waals surface area contributed by atoms with E-state index >= 15 is 0 Å². The lowest BCUT2D eigenvalue weighted by molar-refractivity contribution is 0.491. The van der Waals surface area contributed by atoms with E-state index in [2.05, 4.69) is 9.71 Å². The van der Waals surface area contributed by atoms with Crippen LogP contribution in [-0.2, 0) is 23.1 Å². The molecule has 0 unspecified atom stereocenters. The summed E-state index contributed by atoms with van der Waals surface area (Å²) in [5.41, 5.74) is -0.0789. The van der Waals surface area contributed by atoms with Crippen molar-refractivity contribution in [2.24, 2.45) is 4.99 Å². The van der Waals surface area contributed by atoms with Gasteiger partial charge in [-0.25, -0.2) is 13.1 Å². The lowest BCUT2D eigenvalue weighted by atomic mass is 10.4. The molecule has 3 aromatic rings. The monoisotopic (exact) mass is 437 g/mol. The van der Waals surface area contributed by atoms with Gasteiger partial charge in [-0.15, -0.1) is 0 Å². The molecule has 0 spiro atoms. The minimum absolute atomic E-state index is 0.00590. The third-order valence-electron chi connectivity index (χ3n) is 4.19. The molecular weight excluding hydrogens is 422 g/mol. The molecule has 0 atom stereocenters. The number of hydrogen-bond acceptors (Lipinski definition) is 6. The summed E-state index contributed by atoms with van der Waals surface area (Å²) in [5, 5.41) is 0.462. The number of hydrogen-bond donors (Lipinski definition) is 1. The molecule has 4 rings (SSSR count). The Bertz CT molecular complexity index is 1290. The normalized spacial score (nSPS) is 14.7.